The molecule has 0 amide bonds. The standard InChI is InChI=1S/C18H16Cl2N2O2S/c1-11-21-16-5-3-2-4-14(16)18(22-11)25-10-13(23)9-24-17-7-6-12(19)8-15(17)20/h2-8,13,23H,9-10H2,1H3/t13-/m0/s1. The number of aryl methyl sites for hydroxylation is 1. The van der Waals surface area contributed by atoms with Gasteiger partial charge in [0.15, 0.2) is 0 Å². The van der Waals surface area contributed by atoms with E-state index in [1.807, 2.05) is 31.2 Å². The lowest BCUT2D eigenvalue weighted by Crippen LogP contribution is -2.20. The average molecular weight is 395 g/mol. The normalized spacial score (nSPS) is 12.3. The van der Waals surface area contributed by atoms with Crippen molar-refractivity contribution in [2.24, 2.45) is 0 Å². The van der Waals surface area contributed by atoms with E-state index in [2.05, 4.69) is 9.97 Å². The second-order valence-corrected chi connectivity index (χ2v) is 7.30. The number of aromatic nitrogens is 2. The van der Waals surface area contributed by atoms with Crippen molar-refractivity contribution in [3.63, 3.8) is 0 Å². The van der Waals surface area contributed by atoms with Crippen LogP contribution in [0.15, 0.2) is 47.5 Å². The number of nitrogens with zero attached hydrogens (tertiary/aromatic N) is 2. The Balaban J connectivity index is 1.62. The zero-order chi connectivity index (χ0) is 17.8. The van der Waals surface area contributed by atoms with Gasteiger partial charge in [0, 0.05) is 16.2 Å². The summed E-state index contributed by atoms with van der Waals surface area (Å²) in [5.74, 6) is 1.66. The van der Waals surface area contributed by atoms with Crippen LogP contribution in [0.4, 0.5) is 0 Å². The van der Waals surface area contributed by atoms with E-state index in [-0.39, 0.29) is 6.61 Å². The third-order valence-electron chi connectivity index (χ3n) is 3.42. The molecule has 0 aliphatic heterocycles. The molecule has 2 aromatic carbocycles. The Hall–Kier alpha value is -1.53. The molecule has 3 aromatic rings. The molecule has 0 unspecified atom stereocenters. The number of ether oxygens (including phenoxy) is 1. The molecule has 1 aromatic heterocycles. The molecule has 0 radical (unpaired) electrons. The molecule has 1 N–H and O–H groups in total. The Labute approximate surface area is 160 Å². The van der Waals surface area contributed by atoms with E-state index in [1.54, 1.807) is 18.2 Å². The summed E-state index contributed by atoms with van der Waals surface area (Å²) in [7, 11) is 0. The third-order valence-corrected chi connectivity index (χ3v) is 5.08. The summed E-state index contributed by atoms with van der Waals surface area (Å²) >= 11 is 13.4. The predicted molar refractivity (Wildman–Crippen MR) is 103 cm³/mol. The SMILES string of the molecule is Cc1nc(SC[C@@H](O)COc2ccc(Cl)cc2Cl)c2ccccc2n1. The van der Waals surface area contributed by atoms with Gasteiger partial charge in [-0.05, 0) is 31.2 Å². The topological polar surface area (TPSA) is 55.2 Å². The molecule has 4 nitrogen and oxygen atoms in total. The second-order valence-electron chi connectivity index (χ2n) is 5.44. The van der Waals surface area contributed by atoms with Crippen LogP contribution in [0.25, 0.3) is 10.9 Å². The van der Waals surface area contributed by atoms with Gasteiger partial charge in [0.25, 0.3) is 0 Å². The quantitative estimate of drug-likeness (QED) is 0.481. The fourth-order valence-corrected chi connectivity index (χ4v) is 3.70. The molecular weight excluding hydrogens is 379 g/mol. The first kappa shape index (κ1) is 18.3. The van der Waals surface area contributed by atoms with Gasteiger partial charge < -0.3 is 9.84 Å². The zero-order valence-corrected chi connectivity index (χ0v) is 15.8. The molecular formula is C18H16Cl2N2O2S. The number of hydrogen-bond acceptors (Lipinski definition) is 5. The maximum Gasteiger partial charge on any atom is 0.138 e. The van der Waals surface area contributed by atoms with Gasteiger partial charge in [0.1, 0.15) is 23.2 Å². The first-order valence-electron chi connectivity index (χ1n) is 7.65. The third kappa shape index (κ3) is 4.76. The van der Waals surface area contributed by atoms with Gasteiger partial charge in [-0.3, -0.25) is 0 Å². The lowest BCUT2D eigenvalue weighted by molar-refractivity contribution is 0.126. The van der Waals surface area contributed by atoms with E-state index in [0.717, 1.165) is 15.9 Å². The van der Waals surface area contributed by atoms with E-state index < -0.39 is 6.10 Å². The summed E-state index contributed by atoms with van der Waals surface area (Å²) in [5, 5.41) is 13.0. The first-order chi connectivity index (χ1) is 12.0. The fraction of sp³-hybridized carbons (Fsp3) is 0.222. The van der Waals surface area contributed by atoms with Crippen molar-refractivity contribution in [3.05, 3.63) is 58.3 Å². The van der Waals surface area contributed by atoms with Gasteiger partial charge >= 0.3 is 0 Å². The molecule has 3 rings (SSSR count). The van der Waals surface area contributed by atoms with Gasteiger partial charge in [-0.1, -0.05) is 41.4 Å². The number of hydrogen-bond donors (Lipinski definition) is 1. The van der Waals surface area contributed by atoms with E-state index in [9.17, 15) is 5.11 Å². The summed E-state index contributed by atoms with van der Waals surface area (Å²) in [6, 6.07) is 12.8. The highest BCUT2D eigenvalue weighted by Gasteiger charge is 2.12. The number of benzene rings is 2. The van der Waals surface area contributed by atoms with Crippen molar-refractivity contribution in [1.29, 1.82) is 0 Å². The number of thioether (sulfide) groups is 1. The Kier molecular flexibility index (Phi) is 6.02. The summed E-state index contributed by atoms with van der Waals surface area (Å²) in [5.41, 5.74) is 0.899. The number of rotatable bonds is 6. The minimum atomic E-state index is -0.661. The van der Waals surface area contributed by atoms with Crippen LogP contribution < -0.4 is 4.74 Å². The van der Waals surface area contributed by atoms with Crippen molar-refractivity contribution >= 4 is 45.9 Å². The highest BCUT2D eigenvalue weighted by Crippen LogP contribution is 2.28. The zero-order valence-electron chi connectivity index (χ0n) is 13.4. The summed E-state index contributed by atoms with van der Waals surface area (Å²) in [6.45, 7) is 1.99. The van der Waals surface area contributed by atoms with Crippen LogP contribution >= 0.6 is 35.0 Å². The van der Waals surface area contributed by atoms with E-state index in [1.165, 1.54) is 11.8 Å². The molecule has 130 valence electrons. The molecule has 0 saturated heterocycles. The molecule has 0 aliphatic rings. The highest BCUT2D eigenvalue weighted by atomic mass is 35.5. The maximum atomic E-state index is 10.2. The summed E-state index contributed by atoms with van der Waals surface area (Å²) in [6.07, 6.45) is -0.661. The largest absolute Gasteiger partial charge is 0.489 e. The molecule has 7 heteroatoms. The number of aliphatic hydroxyl groups excluding tert-OH is 1. The minimum Gasteiger partial charge on any atom is -0.489 e. The van der Waals surface area contributed by atoms with Gasteiger partial charge in [0.2, 0.25) is 0 Å². The maximum absolute atomic E-state index is 10.2. The molecule has 1 atom stereocenters. The minimum absolute atomic E-state index is 0.135. The summed E-state index contributed by atoms with van der Waals surface area (Å²) in [4.78, 5) is 8.90. The highest BCUT2D eigenvalue weighted by molar-refractivity contribution is 7.99. The van der Waals surface area contributed by atoms with Crippen molar-refractivity contribution in [2.75, 3.05) is 12.4 Å². The Morgan fingerprint density at radius 2 is 1.96 bits per heavy atom. The second kappa shape index (κ2) is 8.23. The number of para-hydroxylation sites is 1. The number of fused-ring (bicyclic) bond motifs is 1. The van der Waals surface area contributed by atoms with Crippen LogP contribution in [-0.4, -0.2) is 33.5 Å². The van der Waals surface area contributed by atoms with E-state index >= 15 is 0 Å². The van der Waals surface area contributed by atoms with Crippen LogP contribution in [0.5, 0.6) is 5.75 Å². The van der Waals surface area contributed by atoms with Crippen molar-refractivity contribution in [3.8, 4) is 5.75 Å². The fourth-order valence-electron chi connectivity index (χ4n) is 2.27. The van der Waals surface area contributed by atoms with Gasteiger partial charge in [0.05, 0.1) is 16.6 Å². The average Bonchev–Trinajstić information content (AvgIpc) is 2.58. The Morgan fingerprint density at radius 1 is 1.16 bits per heavy atom. The van der Waals surface area contributed by atoms with Crippen LogP contribution in [0.1, 0.15) is 5.82 Å². The monoisotopic (exact) mass is 394 g/mol. The molecule has 0 aliphatic carbocycles. The van der Waals surface area contributed by atoms with Crippen LogP contribution in [0, 0.1) is 6.92 Å². The smallest absolute Gasteiger partial charge is 0.138 e. The van der Waals surface area contributed by atoms with E-state index in [4.69, 9.17) is 27.9 Å². The predicted octanol–water partition coefficient (Wildman–Crippen LogP) is 4.78. The molecule has 0 bridgehead atoms. The molecule has 1 heterocycles. The van der Waals surface area contributed by atoms with Gasteiger partial charge in [-0.2, -0.15) is 0 Å². The lowest BCUT2D eigenvalue weighted by atomic mass is 10.2. The van der Waals surface area contributed by atoms with Crippen molar-refractivity contribution in [2.45, 2.75) is 18.1 Å². The van der Waals surface area contributed by atoms with Crippen LogP contribution in [-0.2, 0) is 0 Å². The van der Waals surface area contributed by atoms with E-state index in [0.29, 0.717) is 27.4 Å². The Bertz CT molecular complexity index is 892. The Morgan fingerprint density at radius 3 is 2.76 bits per heavy atom. The van der Waals surface area contributed by atoms with Crippen LogP contribution in [0.2, 0.25) is 10.0 Å². The van der Waals surface area contributed by atoms with Crippen LogP contribution in [0.3, 0.4) is 0 Å². The summed E-state index contributed by atoms with van der Waals surface area (Å²) < 4.78 is 5.57. The van der Waals surface area contributed by atoms with Crippen molar-refractivity contribution < 1.29 is 9.84 Å². The number of halogens is 2. The molecule has 0 saturated carbocycles. The molecule has 0 fully saturated rings. The lowest BCUT2D eigenvalue weighted by Gasteiger charge is -2.13. The van der Waals surface area contributed by atoms with Gasteiger partial charge in [-0.15, -0.1) is 11.8 Å². The van der Waals surface area contributed by atoms with Crippen molar-refractivity contribution in [1.82, 2.24) is 9.97 Å². The van der Waals surface area contributed by atoms with Gasteiger partial charge in [-0.25, -0.2) is 9.97 Å². The number of aliphatic hydroxyl groups is 1. The first-order valence-corrected chi connectivity index (χ1v) is 9.39. The molecule has 25 heavy (non-hydrogen) atoms. The molecule has 0 spiro atoms.